The fourth-order valence-electron chi connectivity index (χ4n) is 4.82. The average molecular weight is 805 g/mol. The van der Waals surface area contributed by atoms with E-state index in [9.17, 15) is 25.9 Å². The van der Waals surface area contributed by atoms with Crippen LogP contribution >= 0.6 is 0 Å². The topological polar surface area (TPSA) is 151 Å². The highest BCUT2D eigenvalue weighted by Gasteiger charge is 2.16. The summed E-state index contributed by atoms with van der Waals surface area (Å²) in [7, 11) is 5.82. The van der Waals surface area contributed by atoms with E-state index >= 15 is 0 Å². The van der Waals surface area contributed by atoms with Crippen LogP contribution in [0.5, 0.6) is 11.5 Å². The first-order valence-corrected chi connectivity index (χ1v) is 19.9. The molecular formula is C42H48N2O10S2. The molecule has 0 spiro atoms. The van der Waals surface area contributed by atoms with E-state index in [2.05, 4.69) is 98.6 Å². The summed E-state index contributed by atoms with van der Waals surface area (Å²) in [5, 5.41) is 4.14. The molecule has 298 valence electrons. The standard InChI is InChI=1S/C40H42N2O2.2CH4O4S/c1-41(2,3)25-27-43-33-19-23-37-36(22-18-32-15-11-8-12-16-32)40-30-34(44-28-26-42(4,5)6)20-24-38(40)35(39(37)29-33)21-17-31-13-9-7-10-14-31;2*1-5-6(2,3)4/h7-16,19-20,23-24,29-30H,25-28H2,1-6H3;2*1H3,(H,2,3,4)/q+2;;/p-2. The maximum atomic E-state index is 9.22. The number of fused-ring (bicyclic) bond motifs is 2. The summed E-state index contributed by atoms with van der Waals surface area (Å²) in [5.41, 5.74) is 3.85. The zero-order valence-electron chi connectivity index (χ0n) is 32.9. The van der Waals surface area contributed by atoms with Crippen LogP contribution in [0.1, 0.15) is 22.3 Å². The predicted molar refractivity (Wildman–Crippen MR) is 216 cm³/mol. The molecule has 5 aromatic carbocycles. The largest absolute Gasteiger partial charge is 0.726 e. The van der Waals surface area contributed by atoms with Crippen LogP contribution < -0.4 is 9.47 Å². The molecule has 5 aromatic rings. The monoisotopic (exact) mass is 804 g/mol. The molecule has 0 fully saturated rings. The van der Waals surface area contributed by atoms with Gasteiger partial charge in [0.25, 0.3) is 0 Å². The summed E-state index contributed by atoms with van der Waals surface area (Å²) in [6.07, 6.45) is 0. The molecule has 0 radical (unpaired) electrons. The van der Waals surface area contributed by atoms with Gasteiger partial charge < -0.3 is 27.5 Å². The number of rotatable bonds is 10. The Labute approximate surface area is 331 Å². The molecule has 0 aliphatic heterocycles. The fourth-order valence-corrected chi connectivity index (χ4v) is 4.82. The predicted octanol–water partition coefficient (Wildman–Crippen LogP) is 5.15. The highest BCUT2D eigenvalue weighted by atomic mass is 32.3. The minimum Gasteiger partial charge on any atom is -0.726 e. The second-order valence-corrected chi connectivity index (χ2v) is 16.6. The molecule has 0 bridgehead atoms. The Bertz CT molecular complexity index is 2250. The van der Waals surface area contributed by atoms with Crippen LogP contribution in [0.4, 0.5) is 0 Å². The lowest BCUT2D eigenvalue weighted by molar-refractivity contribution is -0.870. The van der Waals surface area contributed by atoms with E-state index in [1.165, 1.54) is 0 Å². The lowest BCUT2D eigenvalue weighted by Crippen LogP contribution is -2.38. The SMILES string of the molecule is COS(=O)(=O)[O-].COS(=O)(=O)[O-].C[N+](C)(C)CCOc1ccc2c(C#Cc3ccccc3)c3cc(OCC[N+](C)(C)C)ccc3c(C#Cc3ccccc3)c2c1. The first-order valence-electron chi connectivity index (χ1n) is 17.2. The van der Waals surface area contributed by atoms with E-state index in [1.807, 2.05) is 72.8 Å². The molecule has 12 nitrogen and oxygen atoms in total. The number of ether oxygens (including phenoxy) is 2. The summed E-state index contributed by atoms with van der Waals surface area (Å²) in [6.45, 7) is 3.06. The number of hydrogen-bond acceptors (Lipinski definition) is 10. The van der Waals surface area contributed by atoms with Gasteiger partial charge >= 0.3 is 0 Å². The molecule has 0 heterocycles. The smallest absolute Gasteiger partial charge is 0.217 e. The normalized spacial score (nSPS) is 11.5. The summed E-state index contributed by atoms with van der Waals surface area (Å²) in [6, 6.07) is 32.8. The second-order valence-electron chi connectivity index (χ2n) is 14.3. The van der Waals surface area contributed by atoms with Crippen molar-refractivity contribution in [3.8, 4) is 35.2 Å². The minimum atomic E-state index is -4.41. The molecule has 0 atom stereocenters. The molecule has 0 amide bonds. The third kappa shape index (κ3) is 16.4. The summed E-state index contributed by atoms with van der Waals surface area (Å²) >= 11 is 0. The Hall–Kier alpha value is -5.00. The molecule has 0 aliphatic carbocycles. The van der Waals surface area contributed by atoms with Crippen molar-refractivity contribution in [2.45, 2.75) is 0 Å². The minimum absolute atomic E-state index is 0.627. The van der Waals surface area contributed by atoms with Gasteiger partial charge in [0.1, 0.15) is 37.8 Å². The van der Waals surface area contributed by atoms with Gasteiger partial charge in [-0.2, -0.15) is 0 Å². The first kappa shape index (κ1) is 45.4. The molecular weight excluding hydrogens is 757 g/mol. The van der Waals surface area contributed by atoms with Crippen molar-refractivity contribution in [2.75, 3.05) is 82.8 Å². The zero-order chi connectivity index (χ0) is 41.6. The highest BCUT2D eigenvalue weighted by Crippen LogP contribution is 2.36. The molecule has 0 aliphatic rings. The molecule has 0 unspecified atom stereocenters. The van der Waals surface area contributed by atoms with Gasteiger partial charge in [-0.05, 0) is 71.4 Å². The lowest BCUT2D eigenvalue weighted by atomic mass is 9.91. The van der Waals surface area contributed by atoms with Crippen molar-refractivity contribution in [2.24, 2.45) is 0 Å². The molecule has 0 saturated heterocycles. The summed E-state index contributed by atoms with van der Waals surface area (Å²) in [4.78, 5) is 0. The van der Waals surface area contributed by atoms with Crippen LogP contribution in [0.25, 0.3) is 21.5 Å². The van der Waals surface area contributed by atoms with Crippen LogP contribution in [0, 0.1) is 23.7 Å². The lowest BCUT2D eigenvalue weighted by Gasteiger charge is -2.24. The highest BCUT2D eigenvalue weighted by molar-refractivity contribution is 7.81. The Balaban J connectivity index is 0.000000609. The molecule has 0 N–H and O–H groups in total. The Morgan fingerprint density at radius 2 is 0.821 bits per heavy atom. The summed E-state index contributed by atoms with van der Waals surface area (Å²) in [5.74, 6) is 15.5. The van der Waals surface area contributed by atoms with Crippen molar-refractivity contribution in [1.29, 1.82) is 0 Å². The number of likely N-dealkylation sites (N-methyl/N-ethyl adjacent to an activating group) is 2. The third-order valence-electron chi connectivity index (χ3n) is 7.74. The van der Waals surface area contributed by atoms with Crippen molar-refractivity contribution >= 4 is 42.3 Å². The van der Waals surface area contributed by atoms with Crippen LogP contribution in [-0.4, -0.2) is 118 Å². The van der Waals surface area contributed by atoms with E-state index in [1.54, 1.807) is 0 Å². The molecule has 0 aromatic heterocycles. The van der Waals surface area contributed by atoms with E-state index < -0.39 is 20.8 Å². The van der Waals surface area contributed by atoms with E-state index in [0.717, 1.165) is 91.6 Å². The van der Waals surface area contributed by atoms with E-state index in [-0.39, 0.29) is 0 Å². The summed E-state index contributed by atoms with van der Waals surface area (Å²) < 4.78 is 76.2. The quantitative estimate of drug-likeness (QED) is 0.0610. The van der Waals surface area contributed by atoms with Gasteiger partial charge in [-0.15, -0.1) is 0 Å². The van der Waals surface area contributed by atoms with Crippen LogP contribution in [0.2, 0.25) is 0 Å². The van der Waals surface area contributed by atoms with Crippen molar-refractivity contribution in [1.82, 2.24) is 0 Å². The van der Waals surface area contributed by atoms with Gasteiger partial charge in [-0.25, -0.2) is 16.8 Å². The van der Waals surface area contributed by atoms with Crippen LogP contribution in [0.15, 0.2) is 97.1 Å². The van der Waals surface area contributed by atoms with Crippen LogP contribution in [-0.2, 0) is 29.2 Å². The second kappa shape index (κ2) is 20.2. The average Bonchev–Trinajstić information content (AvgIpc) is 3.13. The van der Waals surface area contributed by atoms with Gasteiger partial charge in [-0.1, -0.05) is 60.1 Å². The third-order valence-corrected chi connectivity index (χ3v) is 8.56. The van der Waals surface area contributed by atoms with Gasteiger partial charge in [0.15, 0.2) is 0 Å². The van der Waals surface area contributed by atoms with Crippen LogP contribution in [0.3, 0.4) is 0 Å². The van der Waals surface area contributed by atoms with Gasteiger partial charge in [-0.3, -0.25) is 8.37 Å². The van der Waals surface area contributed by atoms with Gasteiger partial charge in [0.05, 0.1) is 56.5 Å². The number of hydrogen-bond donors (Lipinski definition) is 0. The fraction of sp³-hybridized carbons (Fsp3) is 0.286. The Kier molecular flexibility index (Phi) is 16.4. The van der Waals surface area contributed by atoms with Crippen molar-refractivity contribution in [3.63, 3.8) is 0 Å². The Morgan fingerprint density at radius 1 is 0.500 bits per heavy atom. The molecule has 56 heavy (non-hydrogen) atoms. The molecule has 0 saturated carbocycles. The molecule has 5 rings (SSSR count). The van der Waals surface area contributed by atoms with E-state index in [0.29, 0.717) is 13.2 Å². The first-order chi connectivity index (χ1) is 26.2. The van der Waals surface area contributed by atoms with Crippen molar-refractivity contribution in [3.05, 3.63) is 119 Å². The number of nitrogens with zero attached hydrogens (tertiary/aromatic N) is 2. The Morgan fingerprint density at radius 3 is 1.11 bits per heavy atom. The zero-order valence-corrected chi connectivity index (χ0v) is 34.5. The van der Waals surface area contributed by atoms with Gasteiger partial charge in [0, 0.05) is 33.0 Å². The maximum absolute atomic E-state index is 9.22. The molecule has 14 heteroatoms. The maximum Gasteiger partial charge on any atom is 0.217 e. The number of quaternary nitrogens is 2. The van der Waals surface area contributed by atoms with Gasteiger partial charge in [0.2, 0.25) is 20.8 Å². The number of benzene rings is 5. The van der Waals surface area contributed by atoms with E-state index in [4.69, 9.17) is 9.47 Å². The van der Waals surface area contributed by atoms with Crippen molar-refractivity contribution < 1.29 is 52.7 Å².